The lowest BCUT2D eigenvalue weighted by atomic mass is 9.66. The molecule has 1 aliphatic heterocycles. The first kappa shape index (κ1) is 31.0. The third-order valence-electron chi connectivity index (χ3n) is 8.34. The summed E-state index contributed by atoms with van der Waals surface area (Å²) in [6.07, 6.45) is 2.94. The fourth-order valence-corrected chi connectivity index (χ4v) is 6.43. The summed E-state index contributed by atoms with van der Waals surface area (Å²) >= 11 is 6.29. The third-order valence-corrected chi connectivity index (χ3v) is 8.66. The zero-order chi connectivity index (χ0) is 30.0. The van der Waals surface area contributed by atoms with Gasteiger partial charge in [-0.1, -0.05) is 61.7 Å². The number of amides is 2. The van der Waals surface area contributed by atoms with Crippen molar-refractivity contribution in [2.75, 3.05) is 11.5 Å². The van der Waals surface area contributed by atoms with Gasteiger partial charge in [-0.15, -0.1) is 0 Å². The number of rotatable bonds is 10. The molecule has 4 rings (SSSR count). The highest BCUT2D eigenvalue weighted by Gasteiger charge is 2.55. The predicted octanol–water partition coefficient (Wildman–Crippen LogP) is 3.43. The number of phenolic OH excluding ortho intramolecular Hbond substituents is 1. The number of benzene rings is 2. The second-order valence-corrected chi connectivity index (χ2v) is 11.6. The van der Waals surface area contributed by atoms with E-state index < -0.39 is 49.4 Å². The van der Waals surface area contributed by atoms with Gasteiger partial charge in [-0.25, -0.2) is 0 Å². The van der Waals surface area contributed by atoms with Crippen LogP contribution in [0.25, 0.3) is 6.08 Å². The Labute approximate surface area is 245 Å². The first-order chi connectivity index (χ1) is 19.5. The van der Waals surface area contributed by atoms with E-state index in [9.17, 15) is 35.0 Å². The van der Waals surface area contributed by atoms with Crippen LogP contribution in [0.1, 0.15) is 52.0 Å². The van der Waals surface area contributed by atoms with E-state index in [0.29, 0.717) is 29.9 Å². The first-order valence-electron chi connectivity index (χ1n) is 14.0. The number of carbonyl (C=O) groups is 2. The van der Waals surface area contributed by atoms with Crippen molar-refractivity contribution in [2.24, 2.45) is 23.7 Å². The number of aliphatic hydroxyl groups excluding tert-OH is 2. The van der Waals surface area contributed by atoms with Crippen LogP contribution in [0.3, 0.4) is 0 Å². The topological polar surface area (TPSA) is 139 Å². The average Bonchev–Trinajstić information content (AvgIpc) is 3.19. The van der Waals surface area contributed by atoms with Crippen molar-refractivity contribution >= 4 is 47.8 Å². The Morgan fingerprint density at radius 3 is 2.49 bits per heavy atom. The van der Waals surface area contributed by atoms with E-state index in [0.717, 1.165) is 28.0 Å². The summed E-state index contributed by atoms with van der Waals surface area (Å²) in [5, 5.41) is 51.4. The number of anilines is 1. The monoisotopic (exact) mass is 581 g/mol. The molecule has 218 valence electrons. The molecule has 0 radical (unpaired) electrons. The Morgan fingerprint density at radius 1 is 1.15 bits per heavy atom. The van der Waals surface area contributed by atoms with Gasteiger partial charge in [0.25, 0.3) is 0 Å². The number of aromatic hydroxyl groups is 1. The number of hydrogen-bond donors (Lipinski definition) is 5. The van der Waals surface area contributed by atoms with Crippen LogP contribution in [0.15, 0.2) is 59.2 Å². The van der Waals surface area contributed by atoms with E-state index in [1.807, 2.05) is 26.8 Å². The lowest BCUT2D eigenvalue weighted by Gasteiger charge is -2.38. The number of nitrogens with zero attached hydrogens (tertiary/aromatic N) is 1. The summed E-state index contributed by atoms with van der Waals surface area (Å²) in [5.41, 5.74) is 3.72. The zero-order valence-corrected chi connectivity index (χ0v) is 24.3. The van der Waals surface area contributed by atoms with Crippen LogP contribution in [0.4, 0.5) is 5.69 Å². The summed E-state index contributed by atoms with van der Waals surface area (Å²) in [7, 11) is -1.75. The Bertz CT molecular complexity index is 1370. The van der Waals surface area contributed by atoms with Crippen molar-refractivity contribution in [3.8, 4) is 5.75 Å². The Hall–Kier alpha value is -2.95. The molecule has 5 N–H and O–H groups in total. The van der Waals surface area contributed by atoms with Gasteiger partial charge in [0.05, 0.1) is 35.3 Å². The van der Waals surface area contributed by atoms with Crippen LogP contribution < -0.4 is 10.4 Å². The highest BCUT2D eigenvalue weighted by atomic mass is 35.5. The van der Waals surface area contributed by atoms with Gasteiger partial charge in [0.1, 0.15) is 5.75 Å². The second kappa shape index (κ2) is 12.9. The molecular weight excluding hydrogens is 545 g/mol. The Morgan fingerprint density at radius 2 is 1.88 bits per heavy atom. The number of allylic oxidation sites excluding steroid dienone is 2. The standard InChI is InChI=1S/C31H37BClNO7/c1-4-18(12-19-9-10-22(36)14-26(19)33)8-11-27(37)28-23(17(2)3)15-24-29(25(28)16-35)31(39)34(30(24)38)21-7-5-6-20(13-21)32(40)41/h5-7,9-10,12-14,17,24-25,27,29,35-37,40-41H,4,8,11,15-16H2,1-3H3/b18-12+/t24-,25+,27-,29-/m1/s1. The molecule has 2 aromatic carbocycles. The van der Waals surface area contributed by atoms with Crippen LogP contribution in [0.5, 0.6) is 5.75 Å². The molecular formula is C31H37BClNO7. The second-order valence-electron chi connectivity index (χ2n) is 11.2. The molecule has 0 bridgehead atoms. The molecule has 1 fully saturated rings. The van der Waals surface area contributed by atoms with Crippen LogP contribution in [0, 0.1) is 23.7 Å². The predicted molar refractivity (Wildman–Crippen MR) is 159 cm³/mol. The first-order valence-corrected chi connectivity index (χ1v) is 14.4. The van der Waals surface area contributed by atoms with E-state index in [-0.39, 0.29) is 22.8 Å². The summed E-state index contributed by atoms with van der Waals surface area (Å²) in [6, 6.07) is 10.8. The SMILES string of the molecule is CC/C(=C\c1ccc(O)cc1Cl)CC[C@@H](O)C1=C(C(C)C)C[C@H]2C(=O)N(c3cccc(B(O)O)c3)C(=O)[C@H]2[C@H]1CO. The van der Waals surface area contributed by atoms with Gasteiger partial charge in [0.15, 0.2) is 0 Å². The number of hydrogen-bond acceptors (Lipinski definition) is 7. The molecule has 10 heteroatoms. The average molecular weight is 582 g/mol. The van der Waals surface area contributed by atoms with Crippen molar-refractivity contribution in [3.05, 3.63) is 69.8 Å². The summed E-state index contributed by atoms with van der Waals surface area (Å²) in [5.74, 6) is -3.04. The molecule has 1 aliphatic carbocycles. The molecule has 41 heavy (non-hydrogen) atoms. The van der Waals surface area contributed by atoms with Gasteiger partial charge in [0, 0.05) is 5.92 Å². The molecule has 0 unspecified atom stereocenters. The smallest absolute Gasteiger partial charge is 0.488 e. The maximum Gasteiger partial charge on any atom is 0.488 e. The summed E-state index contributed by atoms with van der Waals surface area (Å²) in [4.78, 5) is 28.4. The number of aliphatic hydroxyl groups is 2. The molecule has 0 aromatic heterocycles. The fraction of sp³-hybridized carbons (Fsp3) is 0.419. The van der Waals surface area contributed by atoms with E-state index in [1.54, 1.807) is 24.3 Å². The molecule has 2 aliphatic rings. The normalized spacial score (nSPS) is 22.0. The van der Waals surface area contributed by atoms with Crippen LogP contribution in [0.2, 0.25) is 5.02 Å². The maximum absolute atomic E-state index is 13.7. The number of imide groups is 1. The van der Waals surface area contributed by atoms with Crippen molar-refractivity contribution < 1.29 is 35.0 Å². The lowest BCUT2D eigenvalue weighted by Crippen LogP contribution is -2.40. The molecule has 1 heterocycles. The van der Waals surface area contributed by atoms with Gasteiger partial charge in [-0.2, -0.15) is 0 Å². The molecule has 8 nitrogen and oxygen atoms in total. The summed E-state index contributed by atoms with van der Waals surface area (Å²) in [6.45, 7) is 5.57. The van der Waals surface area contributed by atoms with Crippen molar-refractivity contribution in [1.82, 2.24) is 0 Å². The minimum atomic E-state index is -1.75. The highest BCUT2D eigenvalue weighted by molar-refractivity contribution is 6.58. The third kappa shape index (κ3) is 6.29. The molecule has 2 aromatic rings. The van der Waals surface area contributed by atoms with Crippen molar-refractivity contribution in [2.45, 2.75) is 52.6 Å². The Balaban J connectivity index is 1.62. The van der Waals surface area contributed by atoms with E-state index in [1.165, 1.54) is 18.2 Å². The van der Waals surface area contributed by atoms with Crippen LogP contribution >= 0.6 is 11.6 Å². The lowest BCUT2D eigenvalue weighted by molar-refractivity contribution is -0.123. The highest BCUT2D eigenvalue weighted by Crippen LogP contribution is 2.48. The summed E-state index contributed by atoms with van der Waals surface area (Å²) < 4.78 is 0. The zero-order valence-electron chi connectivity index (χ0n) is 23.5. The van der Waals surface area contributed by atoms with Crippen molar-refractivity contribution in [3.63, 3.8) is 0 Å². The fourth-order valence-electron chi connectivity index (χ4n) is 6.21. The number of carbonyl (C=O) groups excluding carboxylic acids is 2. The number of fused-ring (bicyclic) bond motifs is 1. The van der Waals surface area contributed by atoms with Crippen molar-refractivity contribution in [1.29, 1.82) is 0 Å². The molecule has 1 saturated heterocycles. The molecule has 0 saturated carbocycles. The molecule has 2 amide bonds. The number of halogens is 1. The van der Waals surface area contributed by atoms with Gasteiger partial charge in [-0.05, 0) is 78.5 Å². The maximum atomic E-state index is 13.7. The van der Waals surface area contributed by atoms with Crippen LogP contribution in [-0.4, -0.2) is 57.0 Å². The van der Waals surface area contributed by atoms with Gasteiger partial charge in [0.2, 0.25) is 11.8 Å². The largest absolute Gasteiger partial charge is 0.508 e. The van der Waals surface area contributed by atoms with E-state index >= 15 is 0 Å². The van der Waals surface area contributed by atoms with Gasteiger partial charge >= 0.3 is 7.12 Å². The van der Waals surface area contributed by atoms with Gasteiger partial charge in [-0.3, -0.25) is 14.5 Å². The minimum Gasteiger partial charge on any atom is -0.508 e. The van der Waals surface area contributed by atoms with Crippen LogP contribution in [-0.2, 0) is 9.59 Å². The molecule has 4 atom stereocenters. The Kier molecular flexibility index (Phi) is 9.77. The minimum absolute atomic E-state index is 0.0172. The number of phenols is 1. The van der Waals surface area contributed by atoms with E-state index in [2.05, 4.69) is 0 Å². The quantitative estimate of drug-likeness (QED) is 0.165. The molecule has 0 spiro atoms. The van der Waals surface area contributed by atoms with E-state index in [4.69, 9.17) is 11.6 Å². The van der Waals surface area contributed by atoms with Gasteiger partial charge < -0.3 is 25.4 Å².